The summed E-state index contributed by atoms with van der Waals surface area (Å²) in [5, 5.41) is 9.99. The molecule has 0 aliphatic carbocycles. The van der Waals surface area contributed by atoms with E-state index >= 15 is 0 Å². The van der Waals surface area contributed by atoms with Crippen LogP contribution in [0.5, 0.6) is 0 Å². The first-order valence-electron chi connectivity index (χ1n) is 17.5. The number of aliphatic hydroxyl groups is 1. The van der Waals surface area contributed by atoms with Crippen molar-refractivity contribution in [1.29, 1.82) is 0 Å². The van der Waals surface area contributed by atoms with Gasteiger partial charge in [0.25, 0.3) is 0 Å². The molecule has 10 heteroatoms. The highest BCUT2D eigenvalue weighted by molar-refractivity contribution is 7.46. The van der Waals surface area contributed by atoms with Crippen molar-refractivity contribution < 1.29 is 43.0 Å². The molecule has 0 aromatic carbocycles. The van der Waals surface area contributed by atoms with Crippen LogP contribution in [0, 0.1) is 0 Å². The highest BCUT2D eigenvalue weighted by atomic mass is 31.2. The Morgan fingerprint density at radius 3 is 1.93 bits per heavy atom. The molecule has 0 aromatic rings. The molecule has 9 nitrogen and oxygen atoms in total. The minimum absolute atomic E-state index is 0.157. The molecule has 0 unspecified atom stereocenters. The number of unbranched alkanes of at least 4 members (excludes halogenated alkanes) is 13. The molecule has 0 aromatic heterocycles. The SMILES string of the molecule is CCCCC/C=C\C=C/[C@@H](O)C/C=C\C/C=C/CCCC(=O)OC[C@H](COP(=O)(O)O)OC(=O)CCCCCCCCCCCC. The molecule has 3 N–H and O–H groups in total. The number of rotatable bonds is 31. The van der Waals surface area contributed by atoms with Crippen LogP contribution in [0.4, 0.5) is 0 Å². The number of hydrogen-bond acceptors (Lipinski definition) is 7. The zero-order valence-corrected chi connectivity index (χ0v) is 29.5. The standard InChI is InChI=1S/C36H63O9P/c1-3-5-7-9-11-12-13-17-22-26-30-36(39)45-34(32-44-46(40,41)42)31-43-35(38)29-25-21-18-14-16-20-24-28-33(37)27-23-19-15-10-8-6-4-2/h14-15,18-20,23-24,27,33-34,37H,3-13,16-17,21-22,25-26,28-32H2,1-2H3,(H2,40,41,42)/b18-14+,19-15-,24-20-,27-23-/t33-,34-/m1/s1. The molecule has 0 aliphatic rings. The van der Waals surface area contributed by atoms with Crippen LogP contribution < -0.4 is 0 Å². The third kappa shape index (κ3) is 33.3. The van der Waals surface area contributed by atoms with Gasteiger partial charge in [0.1, 0.15) is 6.61 Å². The zero-order chi connectivity index (χ0) is 34.1. The van der Waals surface area contributed by atoms with Crippen molar-refractivity contribution in [2.45, 2.75) is 154 Å². The van der Waals surface area contributed by atoms with Crippen LogP contribution >= 0.6 is 7.82 Å². The second-order valence-electron chi connectivity index (χ2n) is 11.7. The number of carbonyl (C=O) groups excluding carboxylic acids is 2. The van der Waals surface area contributed by atoms with Gasteiger partial charge in [-0.25, -0.2) is 4.57 Å². The van der Waals surface area contributed by atoms with Gasteiger partial charge < -0.3 is 24.4 Å². The lowest BCUT2D eigenvalue weighted by Gasteiger charge is -2.18. The topological polar surface area (TPSA) is 140 Å². The molecular formula is C36H63O9P. The first-order chi connectivity index (χ1) is 22.2. The maximum atomic E-state index is 12.3. The van der Waals surface area contributed by atoms with Crippen LogP contribution in [-0.2, 0) is 28.2 Å². The number of phosphoric ester groups is 1. The Labute approximate surface area is 278 Å². The normalized spacial score (nSPS) is 13.8. The van der Waals surface area contributed by atoms with E-state index in [0.717, 1.165) is 32.1 Å². The summed E-state index contributed by atoms with van der Waals surface area (Å²) in [7, 11) is -4.77. The zero-order valence-electron chi connectivity index (χ0n) is 28.6. The van der Waals surface area contributed by atoms with Crippen molar-refractivity contribution in [3.63, 3.8) is 0 Å². The number of aliphatic hydroxyl groups excluding tert-OH is 1. The summed E-state index contributed by atoms with van der Waals surface area (Å²) < 4.78 is 26.1. The number of hydrogen-bond donors (Lipinski definition) is 3. The molecule has 0 amide bonds. The van der Waals surface area contributed by atoms with Gasteiger partial charge in [-0.1, -0.05) is 133 Å². The molecule has 2 atom stereocenters. The largest absolute Gasteiger partial charge is 0.469 e. The van der Waals surface area contributed by atoms with Crippen LogP contribution in [0.15, 0.2) is 48.6 Å². The van der Waals surface area contributed by atoms with Crippen LogP contribution in [0.1, 0.15) is 142 Å². The number of allylic oxidation sites excluding steroid dienone is 6. The van der Waals surface area contributed by atoms with E-state index in [9.17, 15) is 19.3 Å². The second-order valence-corrected chi connectivity index (χ2v) is 12.9. The van der Waals surface area contributed by atoms with Crippen LogP contribution in [0.2, 0.25) is 0 Å². The van der Waals surface area contributed by atoms with Gasteiger partial charge >= 0.3 is 19.8 Å². The summed E-state index contributed by atoms with van der Waals surface area (Å²) >= 11 is 0. The molecule has 46 heavy (non-hydrogen) atoms. The first kappa shape index (κ1) is 44.0. The lowest BCUT2D eigenvalue weighted by Crippen LogP contribution is -2.29. The Morgan fingerprint density at radius 2 is 1.26 bits per heavy atom. The minimum Gasteiger partial charge on any atom is -0.462 e. The number of carbonyl (C=O) groups is 2. The van der Waals surface area contributed by atoms with Crippen LogP contribution in [-0.4, -0.2) is 52.3 Å². The van der Waals surface area contributed by atoms with E-state index in [1.54, 1.807) is 6.08 Å². The predicted molar refractivity (Wildman–Crippen MR) is 185 cm³/mol. The fraction of sp³-hybridized carbons (Fsp3) is 0.722. The molecule has 0 rings (SSSR count). The average molecular weight is 671 g/mol. The smallest absolute Gasteiger partial charge is 0.462 e. The number of phosphoric acid groups is 1. The van der Waals surface area contributed by atoms with E-state index in [0.29, 0.717) is 25.7 Å². The van der Waals surface area contributed by atoms with Gasteiger partial charge in [-0.15, -0.1) is 0 Å². The first-order valence-corrected chi connectivity index (χ1v) is 19.1. The van der Waals surface area contributed by atoms with E-state index in [2.05, 4.69) is 24.4 Å². The Kier molecular flexibility index (Phi) is 30.2. The van der Waals surface area contributed by atoms with Gasteiger partial charge in [0.2, 0.25) is 0 Å². The fourth-order valence-corrected chi connectivity index (χ4v) is 4.86. The Balaban J connectivity index is 4.17. The molecule has 0 fully saturated rings. The lowest BCUT2D eigenvalue weighted by molar-refractivity contribution is -0.161. The van der Waals surface area contributed by atoms with Crippen molar-refractivity contribution >= 4 is 19.8 Å². The third-order valence-corrected chi connectivity index (χ3v) is 7.67. The summed E-state index contributed by atoms with van der Waals surface area (Å²) in [6, 6.07) is 0. The van der Waals surface area contributed by atoms with Gasteiger partial charge in [-0.05, 0) is 44.9 Å². The molecule has 0 heterocycles. The summed E-state index contributed by atoms with van der Waals surface area (Å²) in [6.45, 7) is 3.49. The fourth-order valence-electron chi connectivity index (χ4n) is 4.50. The average Bonchev–Trinajstić information content (AvgIpc) is 3.01. The summed E-state index contributed by atoms with van der Waals surface area (Å²) in [5.41, 5.74) is 0. The molecule has 0 aliphatic heterocycles. The highest BCUT2D eigenvalue weighted by Crippen LogP contribution is 2.35. The molecule has 0 saturated carbocycles. The van der Waals surface area contributed by atoms with Gasteiger partial charge in [0, 0.05) is 12.8 Å². The van der Waals surface area contributed by atoms with Crippen molar-refractivity contribution in [3.05, 3.63) is 48.6 Å². The van der Waals surface area contributed by atoms with E-state index in [4.69, 9.17) is 19.3 Å². The summed E-state index contributed by atoms with van der Waals surface area (Å²) in [5.74, 6) is -0.997. The van der Waals surface area contributed by atoms with Gasteiger partial charge in [-0.2, -0.15) is 0 Å². The predicted octanol–water partition coefficient (Wildman–Crippen LogP) is 8.98. The lowest BCUT2D eigenvalue weighted by atomic mass is 10.1. The summed E-state index contributed by atoms with van der Waals surface area (Å²) in [4.78, 5) is 42.5. The molecule has 0 saturated heterocycles. The van der Waals surface area contributed by atoms with Crippen molar-refractivity contribution in [2.75, 3.05) is 13.2 Å². The van der Waals surface area contributed by atoms with Crippen molar-refractivity contribution in [2.24, 2.45) is 0 Å². The van der Waals surface area contributed by atoms with E-state index in [-0.39, 0.29) is 19.4 Å². The Hall–Kier alpha value is -2.03. The van der Waals surface area contributed by atoms with Gasteiger partial charge in [-0.3, -0.25) is 14.1 Å². The molecule has 0 spiro atoms. The van der Waals surface area contributed by atoms with E-state index < -0.39 is 38.6 Å². The highest BCUT2D eigenvalue weighted by Gasteiger charge is 2.22. The van der Waals surface area contributed by atoms with Gasteiger partial charge in [0.05, 0.1) is 12.7 Å². The van der Waals surface area contributed by atoms with Crippen LogP contribution in [0.25, 0.3) is 0 Å². The van der Waals surface area contributed by atoms with Gasteiger partial charge in [0.15, 0.2) is 6.10 Å². The number of esters is 2. The monoisotopic (exact) mass is 670 g/mol. The molecule has 266 valence electrons. The number of ether oxygens (including phenoxy) is 2. The van der Waals surface area contributed by atoms with E-state index in [1.165, 1.54) is 57.8 Å². The molecule has 0 radical (unpaired) electrons. The third-order valence-electron chi connectivity index (χ3n) is 7.18. The van der Waals surface area contributed by atoms with Crippen molar-refractivity contribution in [1.82, 2.24) is 0 Å². The molecular weight excluding hydrogens is 607 g/mol. The second kappa shape index (κ2) is 31.6. The minimum atomic E-state index is -4.77. The maximum absolute atomic E-state index is 12.3. The molecule has 0 bridgehead atoms. The van der Waals surface area contributed by atoms with Crippen molar-refractivity contribution in [3.8, 4) is 0 Å². The quantitative estimate of drug-likeness (QED) is 0.0217. The summed E-state index contributed by atoms with van der Waals surface area (Å²) in [6.07, 6.45) is 33.0. The van der Waals surface area contributed by atoms with E-state index in [1.807, 2.05) is 36.5 Å². The maximum Gasteiger partial charge on any atom is 0.469 e. The Morgan fingerprint density at radius 1 is 0.674 bits per heavy atom. The Bertz CT molecular complexity index is 907. The van der Waals surface area contributed by atoms with Crippen LogP contribution in [0.3, 0.4) is 0 Å².